The SMILES string of the molecule is c1ccc2c(c1)ccc1c2c2ccccc2n1-c1ccc2c3ccccc3n(-c3nc4c(ccc5oc6ccccc6c54)o3)c2c1. The molecule has 0 atom stereocenters. The number of hydrogen-bond donors (Lipinski definition) is 0. The highest BCUT2D eigenvalue weighted by Crippen LogP contribution is 2.40. The topological polar surface area (TPSA) is 49.0 Å². The number of hydrogen-bond acceptors (Lipinski definition) is 3. The minimum Gasteiger partial charge on any atom is -0.456 e. The molecule has 4 aromatic heterocycles. The molecule has 4 heterocycles. The molecular formula is C41H23N3O2. The second kappa shape index (κ2) is 8.65. The van der Waals surface area contributed by atoms with E-state index in [0.717, 1.165) is 60.5 Å². The van der Waals surface area contributed by atoms with Gasteiger partial charge >= 0.3 is 6.01 Å². The van der Waals surface area contributed by atoms with Gasteiger partial charge in [-0.25, -0.2) is 0 Å². The lowest BCUT2D eigenvalue weighted by Gasteiger charge is -2.10. The molecule has 0 unspecified atom stereocenters. The quantitative estimate of drug-likeness (QED) is 0.202. The Kier molecular flexibility index (Phi) is 4.52. The highest BCUT2D eigenvalue weighted by atomic mass is 16.4. The summed E-state index contributed by atoms with van der Waals surface area (Å²) in [6, 6.07) is 49.6. The summed E-state index contributed by atoms with van der Waals surface area (Å²) < 4.78 is 17.3. The lowest BCUT2D eigenvalue weighted by Crippen LogP contribution is -1.97. The van der Waals surface area contributed by atoms with Gasteiger partial charge in [-0.3, -0.25) is 4.57 Å². The maximum absolute atomic E-state index is 6.58. The third-order valence-corrected chi connectivity index (χ3v) is 9.56. The molecule has 7 aromatic carbocycles. The third kappa shape index (κ3) is 3.06. The van der Waals surface area contributed by atoms with Crippen molar-refractivity contribution in [2.45, 2.75) is 0 Å². The van der Waals surface area contributed by atoms with Gasteiger partial charge < -0.3 is 13.4 Å². The third-order valence-electron chi connectivity index (χ3n) is 9.56. The number of benzene rings is 7. The number of para-hydroxylation sites is 3. The molecule has 0 fully saturated rings. The summed E-state index contributed by atoms with van der Waals surface area (Å²) in [4.78, 5) is 5.16. The maximum atomic E-state index is 6.58. The first-order valence-electron chi connectivity index (χ1n) is 15.5. The molecule has 214 valence electrons. The fourth-order valence-electron chi connectivity index (χ4n) is 7.61. The van der Waals surface area contributed by atoms with Crippen LogP contribution in [0.15, 0.2) is 148 Å². The van der Waals surface area contributed by atoms with E-state index in [4.69, 9.17) is 13.8 Å². The lowest BCUT2D eigenvalue weighted by molar-refractivity contribution is 0.574. The van der Waals surface area contributed by atoms with E-state index in [9.17, 15) is 0 Å². The van der Waals surface area contributed by atoms with E-state index in [-0.39, 0.29) is 0 Å². The lowest BCUT2D eigenvalue weighted by atomic mass is 10.0. The molecule has 0 saturated heterocycles. The van der Waals surface area contributed by atoms with Crippen molar-refractivity contribution >= 4 is 87.4 Å². The minimum absolute atomic E-state index is 0.532. The minimum atomic E-state index is 0.532. The fourth-order valence-corrected chi connectivity index (χ4v) is 7.61. The fraction of sp³-hybridized carbons (Fsp3) is 0. The van der Waals surface area contributed by atoms with Crippen LogP contribution >= 0.6 is 0 Å². The first-order valence-corrected chi connectivity index (χ1v) is 15.5. The number of rotatable bonds is 2. The van der Waals surface area contributed by atoms with Gasteiger partial charge in [0, 0.05) is 32.6 Å². The van der Waals surface area contributed by atoms with Crippen molar-refractivity contribution in [2.75, 3.05) is 0 Å². The Balaban J connectivity index is 1.23. The molecule has 0 spiro atoms. The molecule has 0 aliphatic carbocycles. The molecular weight excluding hydrogens is 566 g/mol. The molecule has 5 nitrogen and oxygen atoms in total. The number of furan rings is 1. The highest BCUT2D eigenvalue weighted by molar-refractivity contribution is 6.21. The average molecular weight is 590 g/mol. The number of nitrogens with zero attached hydrogens (tertiary/aromatic N) is 3. The van der Waals surface area contributed by atoms with Crippen molar-refractivity contribution in [2.24, 2.45) is 0 Å². The Morgan fingerprint density at radius 1 is 0.413 bits per heavy atom. The zero-order valence-corrected chi connectivity index (χ0v) is 24.4. The van der Waals surface area contributed by atoms with Gasteiger partial charge in [0.1, 0.15) is 16.7 Å². The molecule has 0 bridgehead atoms. The summed E-state index contributed by atoms with van der Waals surface area (Å²) in [7, 11) is 0. The molecule has 0 aliphatic rings. The van der Waals surface area contributed by atoms with Gasteiger partial charge in [0.15, 0.2) is 5.58 Å². The normalized spacial score (nSPS) is 12.3. The van der Waals surface area contributed by atoms with Crippen LogP contribution in [0.3, 0.4) is 0 Å². The number of fused-ring (bicyclic) bond motifs is 13. The molecule has 11 aromatic rings. The largest absolute Gasteiger partial charge is 0.456 e. The van der Waals surface area contributed by atoms with E-state index in [2.05, 4.69) is 118 Å². The van der Waals surface area contributed by atoms with Crippen LogP contribution in [0.2, 0.25) is 0 Å². The van der Waals surface area contributed by atoms with Gasteiger partial charge in [-0.2, -0.15) is 4.98 Å². The van der Waals surface area contributed by atoms with E-state index < -0.39 is 0 Å². The van der Waals surface area contributed by atoms with Crippen LogP contribution in [0, 0.1) is 0 Å². The van der Waals surface area contributed by atoms with Crippen LogP contribution in [0.25, 0.3) is 99.1 Å². The Morgan fingerprint density at radius 3 is 2.00 bits per heavy atom. The average Bonchev–Trinajstić information content (AvgIpc) is 3.86. The van der Waals surface area contributed by atoms with Crippen LogP contribution < -0.4 is 0 Å². The van der Waals surface area contributed by atoms with Gasteiger partial charge in [-0.05, 0) is 59.3 Å². The van der Waals surface area contributed by atoms with Crippen molar-refractivity contribution in [1.29, 1.82) is 0 Å². The molecule has 0 saturated carbocycles. The molecule has 5 heteroatoms. The van der Waals surface area contributed by atoms with Gasteiger partial charge in [-0.15, -0.1) is 0 Å². The first-order chi connectivity index (χ1) is 22.8. The second-order valence-corrected chi connectivity index (χ2v) is 12.0. The van der Waals surface area contributed by atoms with Crippen LogP contribution in [0.4, 0.5) is 0 Å². The van der Waals surface area contributed by atoms with Crippen LogP contribution in [-0.4, -0.2) is 14.1 Å². The maximum Gasteiger partial charge on any atom is 0.307 e. The van der Waals surface area contributed by atoms with Crippen molar-refractivity contribution in [3.63, 3.8) is 0 Å². The monoisotopic (exact) mass is 589 g/mol. The van der Waals surface area contributed by atoms with Crippen molar-refractivity contribution in [3.05, 3.63) is 140 Å². The summed E-state index contributed by atoms with van der Waals surface area (Å²) in [5, 5.41) is 9.31. The van der Waals surface area contributed by atoms with Crippen LogP contribution in [0.5, 0.6) is 0 Å². The second-order valence-electron chi connectivity index (χ2n) is 12.0. The smallest absolute Gasteiger partial charge is 0.307 e. The van der Waals surface area contributed by atoms with Crippen molar-refractivity contribution in [1.82, 2.24) is 14.1 Å². The Labute approximate surface area is 261 Å². The molecule has 0 aliphatic heterocycles. The predicted octanol–water partition coefficient (Wildman–Crippen LogP) is 11.1. The van der Waals surface area contributed by atoms with Crippen LogP contribution in [-0.2, 0) is 0 Å². The summed E-state index contributed by atoms with van der Waals surface area (Å²) in [5.74, 6) is 0. The molecule has 0 radical (unpaired) electrons. The molecule has 11 rings (SSSR count). The Morgan fingerprint density at radius 2 is 1.11 bits per heavy atom. The van der Waals surface area contributed by atoms with Gasteiger partial charge in [0.05, 0.1) is 27.5 Å². The summed E-state index contributed by atoms with van der Waals surface area (Å²) in [6.45, 7) is 0. The zero-order valence-electron chi connectivity index (χ0n) is 24.4. The van der Waals surface area contributed by atoms with E-state index >= 15 is 0 Å². The van der Waals surface area contributed by atoms with E-state index in [1.807, 2.05) is 30.3 Å². The Hall–Kier alpha value is -6.33. The first kappa shape index (κ1) is 24.0. The van der Waals surface area contributed by atoms with Crippen molar-refractivity contribution in [3.8, 4) is 11.7 Å². The number of aromatic nitrogens is 3. The van der Waals surface area contributed by atoms with E-state index in [1.54, 1.807) is 0 Å². The number of oxazole rings is 1. The summed E-state index contributed by atoms with van der Waals surface area (Å²) in [5.41, 5.74) is 8.68. The van der Waals surface area contributed by atoms with Gasteiger partial charge in [0.2, 0.25) is 0 Å². The molecule has 0 amide bonds. The van der Waals surface area contributed by atoms with E-state index in [1.165, 1.54) is 32.6 Å². The molecule has 46 heavy (non-hydrogen) atoms. The van der Waals surface area contributed by atoms with E-state index in [0.29, 0.717) is 6.01 Å². The summed E-state index contributed by atoms with van der Waals surface area (Å²) >= 11 is 0. The highest BCUT2D eigenvalue weighted by Gasteiger charge is 2.21. The van der Waals surface area contributed by atoms with Crippen molar-refractivity contribution < 1.29 is 8.83 Å². The summed E-state index contributed by atoms with van der Waals surface area (Å²) in [6.07, 6.45) is 0. The Bertz CT molecular complexity index is 3040. The van der Waals surface area contributed by atoms with Gasteiger partial charge in [-0.1, -0.05) is 91.0 Å². The van der Waals surface area contributed by atoms with Crippen LogP contribution in [0.1, 0.15) is 0 Å². The standard InChI is InChI=1S/C41H23N3O2/c1-2-10-26-24(9-1)17-20-33-38(26)29-12-4-7-15-32(29)43(33)25-18-19-28-27-11-3-6-14-31(27)44(34(28)23-25)41-42-40-37(46-41)22-21-36-39(40)30-13-5-8-16-35(30)45-36/h1-23H. The molecule has 0 N–H and O–H groups in total. The van der Waals surface area contributed by atoms with Gasteiger partial charge in [0.25, 0.3) is 0 Å². The zero-order chi connectivity index (χ0) is 29.9. The predicted molar refractivity (Wildman–Crippen MR) is 187 cm³/mol.